The van der Waals surface area contributed by atoms with E-state index < -0.39 is 5.92 Å². The molecule has 3 atom stereocenters. The van der Waals surface area contributed by atoms with Crippen LogP contribution in [0.25, 0.3) is 11.0 Å². The maximum Gasteiger partial charge on any atom is 0.243 e. The van der Waals surface area contributed by atoms with E-state index in [2.05, 4.69) is 30.1 Å². The molecule has 0 saturated carbocycles. The van der Waals surface area contributed by atoms with E-state index in [1.807, 2.05) is 24.3 Å². The van der Waals surface area contributed by atoms with Gasteiger partial charge in [-0.25, -0.2) is 9.97 Å². The van der Waals surface area contributed by atoms with E-state index >= 15 is 0 Å². The van der Waals surface area contributed by atoms with E-state index in [1.54, 1.807) is 7.11 Å². The molecular formula is C21H27N5O2. The van der Waals surface area contributed by atoms with Gasteiger partial charge < -0.3 is 15.0 Å². The van der Waals surface area contributed by atoms with Gasteiger partial charge in [-0.05, 0) is 30.4 Å². The lowest BCUT2D eigenvalue weighted by Gasteiger charge is -2.36. The molecule has 7 heteroatoms. The quantitative estimate of drug-likeness (QED) is 0.773. The minimum Gasteiger partial charge on any atom is -0.383 e. The molecule has 1 aromatic carbocycles. The Bertz CT molecular complexity index is 869. The predicted molar refractivity (Wildman–Crippen MR) is 108 cm³/mol. The number of carbonyl (C=O) groups is 1. The van der Waals surface area contributed by atoms with Gasteiger partial charge in [-0.15, -0.1) is 0 Å². The zero-order valence-corrected chi connectivity index (χ0v) is 16.7. The molecule has 0 aliphatic carbocycles. The van der Waals surface area contributed by atoms with Crippen LogP contribution in [0.4, 0.5) is 5.82 Å². The van der Waals surface area contributed by atoms with Crippen LogP contribution in [-0.4, -0.2) is 49.2 Å². The summed E-state index contributed by atoms with van der Waals surface area (Å²) in [5.74, 6) is 0.285. The van der Waals surface area contributed by atoms with Gasteiger partial charge in [0.25, 0.3) is 0 Å². The SMILES string of the molecule is COCCNC(=O)C(C#N)c1nc2ccccc2nc1N1CC(C)CC(C)C1. The third-order valence-electron chi connectivity index (χ3n) is 5.02. The second-order valence-corrected chi connectivity index (χ2v) is 7.62. The van der Waals surface area contributed by atoms with E-state index in [0.717, 1.165) is 25.0 Å². The Morgan fingerprint density at radius 3 is 2.54 bits per heavy atom. The Morgan fingerprint density at radius 1 is 1.29 bits per heavy atom. The number of nitrogens with one attached hydrogen (secondary N) is 1. The number of rotatable bonds is 6. The molecule has 1 fully saturated rings. The Labute approximate surface area is 165 Å². The number of hydrogen-bond acceptors (Lipinski definition) is 6. The van der Waals surface area contributed by atoms with E-state index in [-0.39, 0.29) is 5.91 Å². The summed E-state index contributed by atoms with van der Waals surface area (Å²) in [5.41, 5.74) is 1.88. The monoisotopic (exact) mass is 381 g/mol. The minimum absolute atomic E-state index is 0.349. The van der Waals surface area contributed by atoms with E-state index in [4.69, 9.17) is 14.7 Å². The van der Waals surface area contributed by atoms with Crippen LogP contribution in [0.1, 0.15) is 31.9 Å². The molecule has 1 aliphatic heterocycles. The Kier molecular flexibility index (Phi) is 6.42. The highest BCUT2D eigenvalue weighted by atomic mass is 16.5. The van der Waals surface area contributed by atoms with Gasteiger partial charge in [0.05, 0.1) is 23.7 Å². The first-order chi connectivity index (χ1) is 13.5. The number of fused-ring (bicyclic) bond motifs is 1. The number of hydrogen-bond donors (Lipinski definition) is 1. The average molecular weight is 381 g/mol. The number of methoxy groups -OCH3 is 1. The molecule has 0 radical (unpaired) electrons. The highest BCUT2D eigenvalue weighted by molar-refractivity contribution is 5.88. The molecule has 3 unspecified atom stereocenters. The van der Waals surface area contributed by atoms with Gasteiger partial charge in [-0.3, -0.25) is 4.79 Å². The molecular weight excluding hydrogens is 354 g/mol. The van der Waals surface area contributed by atoms with E-state index in [9.17, 15) is 10.1 Å². The molecule has 1 aromatic heterocycles. The normalized spacial score (nSPS) is 20.6. The van der Waals surface area contributed by atoms with Gasteiger partial charge in [-0.2, -0.15) is 5.26 Å². The molecule has 148 valence electrons. The van der Waals surface area contributed by atoms with Crippen LogP contribution in [0, 0.1) is 23.2 Å². The first kappa shape index (κ1) is 20.0. The molecule has 2 aromatic rings. The summed E-state index contributed by atoms with van der Waals surface area (Å²) in [5, 5.41) is 12.5. The van der Waals surface area contributed by atoms with Gasteiger partial charge >= 0.3 is 0 Å². The number of nitrogens with zero attached hydrogens (tertiary/aromatic N) is 4. The number of nitriles is 1. The first-order valence-corrected chi connectivity index (χ1v) is 9.71. The van der Waals surface area contributed by atoms with Crippen molar-refractivity contribution in [2.75, 3.05) is 38.3 Å². The van der Waals surface area contributed by atoms with Crippen LogP contribution in [0.3, 0.4) is 0 Å². The summed E-state index contributed by atoms with van der Waals surface area (Å²) < 4.78 is 4.98. The molecule has 0 spiro atoms. The topological polar surface area (TPSA) is 91.1 Å². The molecule has 1 N–H and O–H groups in total. The fourth-order valence-electron chi connectivity index (χ4n) is 3.89. The lowest BCUT2D eigenvalue weighted by Crippen LogP contribution is -2.41. The number of piperidine rings is 1. The third kappa shape index (κ3) is 4.39. The molecule has 1 aliphatic rings. The smallest absolute Gasteiger partial charge is 0.243 e. The number of amides is 1. The Morgan fingerprint density at radius 2 is 1.93 bits per heavy atom. The zero-order valence-electron chi connectivity index (χ0n) is 16.7. The molecule has 7 nitrogen and oxygen atoms in total. The van der Waals surface area contributed by atoms with Gasteiger partial charge in [0.2, 0.25) is 5.91 Å². The van der Waals surface area contributed by atoms with Crippen molar-refractivity contribution in [3.8, 4) is 6.07 Å². The Hall–Kier alpha value is -2.72. The largest absolute Gasteiger partial charge is 0.383 e. The predicted octanol–water partition coefficient (Wildman–Crippen LogP) is 2.48. The van der Waals surface area contributed by atoms with Crippen LogP contribution >= 0.6 is 0 Å². The van der Waals surface area contributed by atoms with Gasteiger partial charge in [0, 0.05) is 26.7 Å². The zero-order chi connectivity index (χ0) is 20.1. The summed E-state index contributed by atoms with van der Waals surface area (Å²) in [6.07, 6.45) is 1.16. The van der Waals surface area contributed by atoms with Gasteiger partial charge in [0.1, 0.15) is 5.69 Å². The van der Waals surface area contributed by atoms with E-state index in [1.165, 1.54) is 0 Å². The standard InChI is InChI=1S/C21H27N5O2/c1-14-10-15(2)13-26(12-14)20-19(16(11-22)21(27)23-8-9-28-3)24-17-6-4-5-7-18(17)25-20/h4-7,14-16H,8-10,12-13H2,1-3H3,(H,23,27). The van der Waals surface area contributed by atoms with Crippen LogP contribution in [0.15, 0.2) is 24.3 Å². The number of benzene rings is 1. The van der Waals surface area contributed by atoms with E-state index in [0.29, 0.717) is 42.0 Å². The summed E-state index contributed by atoms with van der Waals surface area (Å²) in [4.78, 5) is 24.4. The maximum absolute atomic E-state index is 12.7. The fraction of sp³-hybridized carbons (Fsp3) is 0.524. The van der Waals surface area contributed by atoms with Crippen molar-refractivity contribution in [2.45, 2.75) is 26.2 Å². The number of aromatic nitrogens is 2. The summed E-state index contributed by atoms with van der Waals surface area (Å²) in [7, 11) is 1.57. The van der Waals surface area contributed by atoms with Crippen LogP contribution in [0.5, 0.6) is 0 Å². The molecule has 2 heterocycles. The lowest BCUT2D eigenvalue weighted by atomic mass is 9.91. The molecule has 1 amide bonds. The minimum atomic E-state index is -1.02. The van der Waals surface area contributed by atoms with Crippen LogP contribution < -0.4 is 10.2 Å². The van der Waals surface area contributed by atoms with Crippen molar-refractivity contribution < 1.29 is 9.53 Å². The highest BCUT2D eigenvalue weighted by Crippen LogP contribution is 2.31. The van der Waals surface area contributed by atoms with Crippen LogP contribution in [-0.2, 0) is 9.53 Å². The number of ether oxygens (including phenoxy) is 1. The van der Waals surface area contributed by atoms with Gasteiger partial charge in [-0.1, -0.05) is 26.0 Å². The third-order valence-corrected chi connectivity index (χ3v) is 5.02. The van der Waals surface area contributed by atoms with Crippen molar-refractivity contribution >= 4 is 22.8 Å². The number of carbonyl (C=O) groups excluding carboxylic acids is 1. The first-order valence-electron chi connectivity index (χ1n) is 9.71. The second-order valence-electron chi connectivity index (χ2n) is 7.62. The van der Waals surface area contributed by atoms with Crippen molar-refractivity contribution in [1.82, 2.24) is 15.3 Å². The second kappa shape index (κ2) is 8.98. The summed E-state index contributed by atoms with van der Waals surface area (Å²) in [6.45, 7) is 6.86. The summed E-state index contributed by atoms with van der Waals surface area (Å²) >= 11 is 0. The van der Waals surface area contributed by atoms with Crippen LogP contribution in [0.2, 0.25) is 0 Å². The van der Waals surface area contributed by atoms with Crippen molar-refractivity contribution in [3.63, 3.8) is 0 Å². The molecule has 1 saturated heterocycles. The maximum atomic E-state index is 12.7. The average Bonchev–Trinajstić information content (AvgIpc) is 2.67. The number of anilines is 1. The lowest BCUT2D eigenvalue weighted by molar-refractivity contribution is -0.121. The van der Waals surface area contributed by atoms with Crippen molar-refractivity contribution in [1.29, 1.82) is 5.26 Å². The summed E-state index contributed by atoms with van der Waals surface area (Å²) in [6, 6.07) is 9.69. The van der Waals surface area contributed by atoms with Crippen molar-refractivity contribution in [3.05, 3.63) is 30.0 Å². The van der Waals surface area contributed by atoms with Gasteiger partial charge in [0.15, 0.2) is 11.7 Å². The van der Waals surface area contributed by atoms with Crippen molar-refractivity contribution in [2.24, 2.45) is 11.8 Å². The highest BCUT2D eigenvalue weighted by Gasteiger charge is 2.31. The fourth-order valence-corrected chi connectivity index (χ4v) is 3.89. The number of para-hydroxylation sites is 2. The Balaban J connectivity index is 2.03. The molecule has 28 heavy (non-hydrogen) atoms. The molecule has 0 bridgehead atoms. The molecule has 3 rings (SSSR count).